The third-order valence-electron chi connectivity index (χ3n) is 3.07. The van der Waals surface area contributed by atoms with Gasteiger partial charge in [-0.25, -0.2) is 4.39 Å². The molecule has 0 heterocycles. The first-order chi connectivity index (χ1) is 9.08. The van der Waals surface area contributed by atoms with Crippen LogP contribution in [0.5, 0.6) is 0 Å². The van der Waals surface area contributed by atoms with Gasteiger partial charge in [0.25, 0.3) is 5.91 Å². The highest BCUT2D eigenvalue weighted by Crippen LogP contribution is 2.14. The van der Waals surface area contributed by atoms with Crippen LogP contribution in [0, 0.1) is 12.7 Å². The summed E-state index contributed by atoms with van der Waals surface area (Å²) in [5.41, 5.74) is 1.98. The van der Waals surface area contributed by atoms with Gasteiger partial charge in [0.15, 0.2) is 0 Å². The lowest BCUT2D eigenvalue weighted by molar-refractivity contribution is 0.0939. The Morgan fingerprint density at radius 1 is 1.16 bits per heavy atom. The molecule has 1 unspecified atom stereocenters. The van der Waals surface area contributed by atoms with Gasteiger partial charge in [0.1, 0.15) is 5.82 Å². The van der Waals surface area contributed by atoms with Crippen LogP contribution in [0.2, 0.25) is 0 Å². The zero-order chi connectivity index (χ0) is 13.8. The molecule has 0 spiro atoms. The van der Waals surface area contributed by atoms with Gasteiger partial charge in [0, 0.05) is 5.56 Å². The average Bonchev–Trinajstić information content (AvgIpc) is 2.42. The van der Waals surface area contributed by atoms with Crippen LogP contribution < -0.4 is 5.32 Å². The number of hydrogen-bond acceptors (Lipinski definition) is 1. The summed E-state index contributed by atoms with van der Waals surface area (Å²) in [6.45, 7) is 3.57. The second-order valence-electron chi connectivity index (χ2n) is 4.57. The average molecular weight is 257 g/mol. The molecule has 0 aromatic heterocycles. The van der Waals surface area contributed by atoms with Gasteiger partial charge in [-0.15, -0.1) is 0 Å². The minimum absolute atomic E-state index is 0.0842. The van der Waals surface area contributed by atoms with Crippen LogP contribution in [0.1, 0.15) is 34.5 Å². The van der Waals surface area contributed by atoms with Crippen LogP contribution in [0.25, 0.3) is 0 Å². The molecule has 0 saturated carbocycles. The Morgan fingerprint density at radius 2 is 1.84 bits per heavy atom. The number of hydrogen-bond donors (Lipinski definition) is 1. The third kappa shape index (κ3) is 3.19. The van der Waals surface area contributed by atoms with Crippen LogP contribution in [-0.2, 0) is 0 Å². The Hall–Kier alpha value is -2.16. The molecule has 1 amide bonds. The maximum Gasteiger partial charge on any atom is 0.251 e. The van der Waals surface area contributed by atoms with E-state index in [4.69, 9.17) is 0 Å². The highest BCUT2D eigenvalue weighted by Gasteiger charge is 2.12. The summed E-state index contributed by atoms with van der Waals surface area (Å²) < 4.78 is 13.2. The van der Waals surface area contributed by atoms with E-state index >= 15 is 0 Å². The second-order valence-corrected chi connectivity index (χ2v) is 4.57. The van der Waals surface area contributed by atoms with Crippen molar-refractivity contribution in [1.82, 2.24) is 5.32 Å². The Balaban J connectivity index is 2.11. The van der Waals surface area contributed by atoms with E-state index < -0.39 is 0 Å². The van der Waals surface area contributed by atoms with Gasteiger partial charge in [-0.2, -0.15) is 0 Å². The number of rotatable bonds is 3. The van der Waals surface area contributed by atoms with Crippen molar-refractivity contribution in [2.24, 2.45) is 0 Å². The SMILES string of the molecule is Cc1cc(C(=O)NC(C)c2ccccc2)ccc1F. The van der Waals surface area contributed by atoms with E-state index in [1.54, 1.807) is 13.0 Å². The molecule has 0 bridgehead atoms. The lowest BCUT2D eigenvalue weighted by Gasteiger charge is -2.14. The minimum Gasteiger partial charge on any atom is -0.346 e. The molecule has 1 N–H and O–H groups in total. The van der Waals surface area contributed by atoms with Crippen LogP contribution in [-0.4, -0.2) is 5.91 Å². The molecule has 0 aliphatic carbocycles. The Morgan fingerprint density at radius 3 is 2.47 bits per heavy atom. The fourth-order valence-corrected chi connectivity index (χ4v) is 1.89. The summed E-state index contributed by atoms with van der Waals surface area (Å²) in [5, 5.41) is 2.90. The molecule has 1 atom stereocenters. The second kappa shape index (κ2) is 5.65. The summed E-state index contributed by atoms with van der Waals surface area (Å²) >= 11 is 0. The first kappa shape index (κ1) is 13.3. The quantitative estimate of drug-likeness (QED) is 0.893. The lowest BCUT2D eigenvalue weighted by atomic mass is 10.1. The van der Waals surface area contributed by atoms with Crippen LogP contribution in [0.15, 0.2) is 48.5 Å². The van der Waals surface area contributed by atoms with Crippen molar-refractivity contribution in [1.29, 1.82) is 0 Å². The predicted molar refractivity (Wildman–Crippen MR) is 73.5 cm³/mol. The van der Waals surface area contributed by atoms with Crippen molar-refractivity contribution >= 4 is 5.91 Å². The molecule has 0 fully saturated rings. The smallest absolute Gasteiger partial charge is 0.251 e. The van der Waals surface area contributed by atoms with Crippen molar-refractivity contribution in [2.75, 3.05) is 0 Å². The molecule has 0 saturated heterocycles. The largest absolute Gasteiger partial charge is 0.346 e. The number of amides is 1. The van der Waals surface area contributed by atoms with Crippen molar-refractivity contribution in [3.8, 4) is 0 Å². The number of benzene rings is 2. The minimum atomic E-state index is -0.298. The van der Waals surface area contributed by atoms with Crippen molar-refractivity contribution in [2.45, 2.75) is 19.9 Å². The van der Waals surface area contributed by atoms with E-state index in [2.05, 4.69) is 5.32 Å². The lowest BCUT2D eigenvalue weighted by Crippen LogP contribution is -2.26. The van der Waals surface area contributed by atoms with E-state index in [9.17, 15) is 9.18 Å². The summed E-state index contributed by atoms with van der Waals surface area (Å²) in [4.78, 5) is 12.1. The molecule has 2 rings (SSSR count). The summed E-state index contributed by atoms with van der Waals surface area (Å²) in [6, 6.07) is 14.0. The maximum absolute atomic E-state index is 13.2. The molecule has 19 heavy (non-hydrogen) atoms. The molecular weight excluding hydrogens is 241 g/mol. The highest BCUT2D eigenvalue weighted by atomic mass is 19.1. The fraction of sp³-hybridized carbons (Fsp3) is 0.188. The molecule has 0 aliphatic rings. The molecule has 98 valence electrons. The molecule has 2 aromatic rings. The zero-order valence-corrected chi connectivity index (χ0v) is 11.0. The van der Waals surface area contributed by atoms with Crippen molar-refractivity contribution < 1.29 is 9.18 Å². The first-order valence-corrected chi connectivity index (χ1v) is 6.20. The molecule has 3 heteroatoms. The van der Waals surface area contributed by atoms with E-state index in [1.165, 1.54) is 12.1 Å². The Labute approximate surface area is 112 Å². The van der Waals surface area contributed by atoms with E-state index in [0.717, 1.165) is 5.56 Å². The fourth-order valence-electron chi connectivity index (χ4n) is 1.89. The van der Waals surface area contributed by atoms with E-state index in [0.29, 0.717) is 11.1 Å². The van der Waals surface area contributed by atoms with Gasteiger partial charge < -0.3 is 5.32 Å². The van der Waals surface area contributed by atoms with Gasteiger partial charge in [0.2, 0.25) is 0 Å². The highest BCUT2D eigenvalue weighted by molar-refractivity contribution is 5.94. The summed E-state index contributed by atoms with van der Waals surface area (Å²) in [7, 11) is 0. The topological polar surface area (TPSA) is 29.1 Å². The van der Waals surface area contributed by atoms with Crippen LogP contribution in [0.4, 0.5) is 4.39 Å². The van der Waals surface area contributed by atoms with Crippen LogP contribution >= 0.6 is 0 Å². The van der Waals surface area contributed by atoms with Gasteiger partial charge in [0.05, 0.1) is 6.04 Å². The normalized spacial score (nSPS) is 11.9. The molecule has 0 aliphatic heterocycles. The number of halogens is 1. The van der Waals surface area contributed by atoms with Crippen molar-refractivity contribution in [3.63, 3.8) is 0 Å². The van der Waals surface area contributed by atoms with Gasteiger partial charge >= 0.3 is 0 Å². The Kier molecular flexibility index (Phi) is 3.95. The summed E-state index contributed by atoms with van der Waals surface area (Å²) in [6.07, 6.45) is 0. The summed E-state index contributed by atoms with van der Waals surface area (Å²) in [5.74, 6) is -0.493. The van der Waals surface area contributed by atoms with Gasteiger partial charge in [-0.1, -0.05) is 30.3 Å². The van der Waals surface area contributed by atoms with Gasteiger partial charge in [-0.3, -0.25) is 4.79 Å². The number of carbonyl (C=O) groups is 1. The maximum atomic E-state index is 13.2. The zero-order valence-electron chi connectivity index (χ0n) is 11.0. The molecular formula is C16H16FNO. The van der Waals surface area contributed by atoms with Gasteiger partial charge in [-0.05, 0) is 43.2 Å². The monoisotopic (exact) mass is 257 g/mol. The predicted octanol–water partition coefficient (Wildman–Crippen LogP) is 3.63. The standard InChI is InChI=1S/C16H16FNO/c1-11-10-14(8-9-15(11)17)16(19)18-12(2)13-6-4-3-5-7-13/h3-10,12H,1-2H3,(H,18,19). The Bertz CT molecular complexity index is 581. The molecule has 0 radical (unpaired) electrons. The third-order valence-corrected chi connectivity index (χ3v) is 3.07. The van der Waals surface area contributed by atoms with E-state index in [-0.39, 0.29) is 17.8 Å². The number of carbonyl (C=O) groups excluding carboxylic acids is 1. The van der Waals surface area contributed by atoms with E-state index in [1.807, 2.05) is 37.3 Å². The molecule has 2 nitrogen and oxygen atoms in total. The van der Waals surface area contributed by atoms with Crippen molar-refractivity contribution in [3.05, 3.63) is 71.0 Å². The molecule has 2 aromatic carbocycles. The number of aryl methyl sites for hydroxylation is 1. The number of nitrogens with one attached hydrogen (secondary N) is 1. The van der Waals surface area contributed by atoms with Crippen LogP contribution in [0.3, 0.4) is 0 Å². The first-order valence-electron chi connectivity index (χ1n) is 6.20.